The molecule has 2 heterocycles. The van der Waals surface area contributed by atoms with E-state index in [4.69, 9.17) is 0 Å². The smallest absolute Gasteiger partial charge is 0.290 e. The Morgan fingerprint density at radius 3 is 3.21 bits per heavy atom. The molecule has 0 aliphatic rings. The Balaban J connectivity index is 1.91. The molecule has 0 aromatic carbocycles. The van der Waals surface area contributed by atoms with E-state index in [0.29, 0.717) is 5.95 Å². The highest BCUT2D eigenvalue weighted by Crippen LogP contribution is 2.20. The highest BCUT2D eigenvalue weighted by atomic mass is 32.2. The molecule has 72 valence electrons. The number of rotatable bonds is 2. The van der Waals surface area contributed by atoms with Gasteiger partial charge < -0.3 is 4.98 Å². The van der Waals surface area contributed by atoms with Crippen LogP contribution in [0.15, 0.2) is 28.9 Å². The second-order valence-electron chi connectivity index (χ2n) is 2.31. The minimum Gasteiger partial charge on any atom is -0.331 e. The number of aromatic amines is 1. The van der Waals surface area contributed by atoms with Gasteiger partial charge in [-0.25, -0.2) is 4.98 Å². The van der Waals surface area contributed by atoms with Crippen molar-refractivity contribution >= 4 is 34.5 Å². The summed E-state index contributed by atoms with van der Waals surface area (Å²) in [4.78, 5) is 18.8. The Labute approximate surface area is 88.1 Å². The monoisotopic (exact) mass is 226 g/mol. The minimum absolute atomic E-state index is 0.180. The van der Waals surface area contributed by atoms with Crippen molar-refractivity contribution in [3.8, 4) is 0 Å². The van der Waals surface area contributed by atoms with Crippen LogP contribution in [0.5, 0.6) is 0 Å². The van der Waals surface area contributed by atoms with E-state index < -0.39 is 0 Å². The van der Waals surface area contributed by atoms with Crippen LogP contribution in [0.25, 0.3) is 0 Å². The summed E-state index contributed by atoms with van der Waals surface area (Å²) in [6, 6.07) is 0. The number of nitrogens with one attached hydrogen (secondary N) is 2. The van der Waals surface area contributed by atoms with E-state index in [1.54, 1.807) is 18.6 Å². The number of imidazole rings is 1. The molecule has 0 aliphatic heterocycles. The van der Waals surface area contributed by atoms with Crippen molar-refractivity contribution in [3.05, 3.63) is 24.0 Å². The number of nitrogens with zero attached hydrogens (tertiary/aromatic N) is 2. The molecule has 0 radical (unpaired) electrons. The summed E-state index contributed by atoms with van der Waals surface area (Å²) in [5.41, 5.74) is 0. The van der Waals surface area contributed by atoms with Crippen LogP contribution >= 0.6 is 23.3 Å². The SMILES string of the molecule is O=C(Nc1ncc[nH]1)Sc1cnsc1. The summed E-state index contributed by atoms with van der Waals surface area (Å²) in [6.45, 7) is 0. The molecule has 0 saturated carbocycles. The number of hydrogen-bond acceptors (Lipinski definition) is 5. The van der Waals surface area contributed by atoms with Gasteiger partial charge in [0.15, 0.2) is 0 Å². The van der Waals surface area contributed by atoms with Crippen LogP contribution < -0.4 is 5.32 Å². The van der Waals surface area contributed by atoms with Crippen molar-refractivity contribution in [2.45, 2.75) is 4.90 Å². The highest BCUT2D eigenvalue weighted by molar-refractivity contribution is 8.14. The first-order valence-electron chi connectivity index (χ1n) is 3.72. The Morgan fingerprint density at radius 2 is 2.57 bits per heavy atom. The lowest BCUT2D eigenvalue weighted by atomic mass is 10.8. The van der Waals surface area contributed by atoms with Crippen LogP contribution in [-0.2, 0) is 0 Å². The summed E-state index contributed by atoms with van der Waals surface area (Å²) in [5, 5.41) is 4.23. The van der Waals surface area contributed by atoms with Crippen LogP contribution in [-0.4, -0.2) is 19.6 Å². The van der Waals surface area contributed by atoms with Gasteiger partial charge in [-0.3, -0.25) is 10.1 Å². The van der Waals surface area contributed by atoms with Crippen molar-refractivity contribution in [3.63, 3.8) is 0 Å². The topological polar surface area (TPSA) is 70.7 Å². The normalized spacial score (nSPS) is 10.0. The molecule has 0 bridgehead atoms. The summed E-state index contributed by atoms with van der Waals surface area (Å²) in [6.07, 6.45) is 4.87. The van der Waals surface area contributed by atoms with Crippen LogP contribution in [0, 0.1) is 0 Å². The molecule has 0 saturated heterocycles. The van der Waals surface area contributed by atoms with E-state index in [-0.39, 0.29) is 5.24 Å². The van der Waals surface area contributed by atoms with Gasteiger partial charge in [-0.05, 0) is 23.3 Å². The average molecular weight is 226 g/mol. The van der Waals surface area contributed by atoms with Gasteiger partial charge in [0.25, 0.3) is 5.24 Å². The Bertz CT molecular complexity index is 359. The number of H-pyrrole nitrogens is 1. The zero-order valence-electron chi connectivity index (χ0n) is 6.93. The summed E-state index contributed by atoms with van der Waals surface area (Å²) < 4.78 is 3.89. The molecule has 2 rings (SSSR count). The van der Waals surface area contributed by atoms with E-state index >= 15 is 0 Å². The Kier molecular flexibility index (Phi) is 2.80. The quantitative estimate of drug-likeness (QED) is 0.770. The summed E-state index contributed by atoms with van der Waals surface area (Å²) in [7, 11) is 0. The third kappa shape index (κ3) is 2.33. The Morgan fingerprint density at radius 1 is 1.64 bits per heavy atom. The lowest BCUT2D eigenvalue weighted by Gasteiger charge is -1.97. The number of carbonyl (C=O) groups excluding carboxylic acids is 1. The van der Waals surface area contributed by atoms with Gasteiger partial charge in [0.1, 0.15) is 0 Å². The molecule has 0 aliphatic carbocycles. The molecule has 0 atom stereocenters. The second-order valence-corrected chi connectivity index (χ2v) is 4.02. The zero-order chi connectivity index (χ0) is 9.80. The van der Waals surface area contributed by atoms with Gasteiger partial charge in [-0.2, -0.15) is 4.37 Å². The molecular formula is C7H6N4OS2. The third-order valence-electron chi connectivity index (χ3n) is 1.34. The molecule has 2 aromatic heterocycles. The average Bonchev–Trinajstić information content (AvgIpc) is 2.76. The molecule has 7 heteroatoms. The van der Waals surface area contributed by atoms with Gasteiger partial charge in [0.05, 0.1) is 6.20 Å². The number of anilines is 1. The standard InChI is InChI=1S/C7H6N4OS2/c12-7(11-6-8-1-2-9-6)14-5-3-10-13-4-5/h1-4H,(H2,8,9,11,12). The predicted molar refractivity (Wildman–Crippen MR) is 55.6 cm³/mol. The summed E-state index contributed by atoms with van der Waals surface area (Å²) in [5.74, 6) is 0.450. The first-order valence-corrected chi connectivity index (χ1v) is 5.37. The van der Waals surface area contributed by atoms with Gasteiger partial charge in [-0.1, -0.05) is 0 Å². The van der Waals surface area contributed by atoms with Gasteiger partial charge in [0.2, 0.25) is 5.95 Å². The first-order chi connectivity index (χ1) is 6.84. The maximum absolute atomic E-state index is 11.3. The van der Waals surface area contributed by atoms with Gasteiger partial charge >= 0.3 is 0 Å². The molecular weight excluding hydrogens is 220 g/mol. The highest BCUT2D eigenvalue weighted by Gasteiger charge is 2.06. The lowest BCUT2D eigenvalue weighted by Crippen LogP contribution is -2.05. The molecule has 0 fully saturated rings. The first kappa shape index (κ1) is 9.22. The van der Waals surface area contributed by atoms with E-state index in [9.17, 15) is 4.79 Å². The van der Waals surface area contributed by atoms with Crippen molar-refractivity contribution in [2.75, 3.05) is 5.32 Å². The molecule has 2 aromatic rings. The molecule has 2 N–H and O–H groups in total. The van der Waals surface area contributed by atoms with Gasteiger partial charge in [0, 0.05) is 22.7 Å². The van der Waals surface area contributed by atoms with Crippen molar-refractivity contribution in [2.24, 2.45) is 0 Å². The molecule has 0 unspecified atom stereocenters. The number of amides is 1. The molecule has 1 amide bonds. The van der Waals surface area contributed by atoms with Crippen LogP contribution in [0.4, 0.5) is 10.7 Å². The molecule has 14 heavy (non-hydrogen) atoms. The van der Waals surface area contributed by atoms with Crippen molar-refractivity contribution in [1.29, 1.82) is 0 Å². The van der Waals surface area contributed by atoms with E-state index in [1.807, 2.05) is 5.38 Å². The fourth-order valence-corrected chi connectivity index (χ4v) is 2.06. The molecule has 0 spiro atoms. The van der Waals surface area contributed by atoms with Crippen LogP contribution in [0.3, 0.4) is 0 Å². The van der Waals surface area contributed by atoms with E-state index in [2.05, 4.69) is 19.7 Å². The number of carbonyl (C=O) groups is 1. The van der Waals surface area contributed by atoms with E-state index in [0.717, 1.165) is 16.7 Å². The fourth-order valence-electron chi connectivity index (χ4n) is 0.808. The predicted octanol–water partition coefficient (Wildman–Crippen LogP) is 2.19. The second kappa shape index (κ2) is 4.25. The maximum Gasteiger partial charge on any atom is 0.290 e. The molecule has 5 nitrogen and oxygen atoms in total. The van der Waals surface area contributed by atoms with Crippen LogP contribution in [0.1, 0.15) is 0 Å². The van der Waals surface area contributed by atoms with E-state index in [1.165, 1.54) is 11.5 Å². The largest absolute Gasteiger partial charge is 0.331 e. The Hall–Kier alpha value is -1.34. The third-order valence-corrected chi connectivity index (χ3v) is 2.82. The lowest BCUT2D eigenvalue weighted by molar-refractivity contribution is 0.269. The van der Waals surface area contributed by atoms with Gasteiger partial charge in [-0.15, -0.1) is 0 Å². The number of hydrogen-bond donors (Lipinski definition) is 2. The zero-order valence-corrected chi connectivity index (χ0v) is 8.56. The van der Waals surface area contributed by atoms with Crippen molar-refractivity contribution in [1.82, 2.24) is 14.3 Å². The number of aromatic nitrogens is 3. The summed E-state index contributed by atoms with van der Waals surface area (Å²) >= 11 is 2.40. The van der Waals surface area contributed by atoms with Crippen LogP contribution in [0.2, 0.25) is 0 Å². The minimum atomic E-state index is -0.180. The maximum atomic E-state index is 11.3. The number of thioether (sulfide) groups is 1. The van der Waals surface area contributed by atoms with Crippen molar-refractivity contribution < 1.29 is 4.79 Å². The fraction of sp³-hybridized carbons (Fsp3) is 0.